The molecule has 0 bridgehead atoms. The summed E-state index contributed by atoms with van der Waals surface area (Å²) >= 11 is 0. The molecule has 0 aromatic heterocycles. The molecule has 28 heavy (non-hydrogen) atoms. The summed E-state index contributed by atoms with van der Waals surface area (Å²) in [5.41, 5.74) is 1.09. The van der Waals surface area contributed by atoms with E-state index in [9.17, 15) is 19.2 Å². The monoisotopic (exact) mass is 381 g/mol. The maximum Gasteiger partial charge on any atom is 0.262 e. The molecule has 2 aromatic rings. The SMILES string of the molecule is COc1cccc(NC(=O)CN(C)C(=O)CN2C(=O)c3ccccc3C2=O)c1. The Hall–Kier alpha value is -3.68. The first kappa shape index (κ1) is 19.1. The van der Waals surface area contributed by atoms with Gasteiger partial charge in [-0.1, -0.05) is 18.2 Å². The van der Waals surface area contributed by atoms with E-state index >= 15 is 0 Å². The summed E-state index contributed by atoms with van der Waals surface area (Å²) in [6.45, 7) is -0.644. The summed E-state index contributed by atoms with van der Waals surface area (Å²) in [6, 6.07) is 13.2. The number of likely N-dealkylation sites (N-methyl/N-ethyl adjacent to an activating group) is 1. The second kappa shape index (κ2) is 7.91. The Morgan fingerprint density at radius 1 is 1.04 bits per heavy atom. The molecular weight excluding hydrogens is 362 g/mol. The molecule has 8 nitrogen and oxygen atoms in total. The van der Waals surface area contributed by atoms with Crippen molar-refractivity contribution in [3.8, 4) is 5.75 Å². The fraction of sp³-hybridized carbons (Fsp3) is 0.200. The van der Waals surface area contributed by atoms with Crippen molar-refractivity contribution in [1.82, 2.24) is 9.80 Å². The molecule has 3 rings (SSSR count). The first-order valence-corrected chi connectivity index (χ1v) is 8.54. The van der Waals surface area contributed by atoms with Crippen LogP contribution in [0, 0.1) is 0 Å². The van der Waals surface area contributed by atoms with E-state index in [1.807, 2.05) is 0 Å². The minimum atomic E-state index is -0.518. The summed E-state index contributed by atoms with van der Waals surface area (Å²) in [7, 11) is 2.96. The molecule has 1 N–H and O–H groups in total. The minimum Gasteiger partial charge on any atom is -0.497 e. The molecule has 4 amide bonds. The maximum atomic E-state index is 12.4. The Balaban J connectivity index is 1.58. The van der Waals surface area contributed by atoms with Crippen LogP contribution in [0.3, 0.4) is 0 Å². The van der Waals surface area contributed by atoms with Crippen LogP contribution < -0.4 is 10.1 Å². The molecule has 0 aliphatic carbocycles. The molecule has 0 spiro atoms. The van der Waals surface area contributed by atoms with Gasteiger partial charge in [0.05, 0.1) is 24.8 Å². The van der Waals surface area contributed by atoms with Crippen LogP contribution in [0.4, 0.5) is 5.69 Å². The van der Waals surface area contributed by atoms with Gasteiger partial charge >= 0.3 is 0 Å². The molecule has 0 saturated carbocycles. The van der Waals surface area contributed by atoms with Crippen molar-refractivity contribution >= 4 is 29.3 Å². The lowest BCUT2D eigenvalue weighted by Crippen LogP contribution is -2.43. The van der Waals surface area contributed by atoms with Gasteiger partial charge in [0.15, 0.2) is 0 Å². The smallest absolute Gasteiger partial charge is 0.262 e. The van der Waals surface area contributed by atoms with Crippen LogP contribution in [0.1, 0.15) is 20.7 Å². The number of ether oxygens (including phenoxy) is 1. The summed E-state index contributed by atoms with van der Waals surface area (Å²) in [4.78, 5) is 51.3. The number of benzene rings is 2. The van der Waals surface area contributed by atoms with Gasteiger partial charge in [0, 0.05) is 18.8 Å². The highest BCUT2D eigenvalue weighted by atomic mass is 16.5. The number of hydrogen-bond donors (Lipinski definition) is 1. The van der Waals surface area contributed by atoms with Gasteiger partial charge in [0.1, 0.15) is 12.3 Å². The lowest BCUT2D eigenvalue weighted by Gasteiger charge is -2.20. The number of methoxy groups -OCH3 is 1. The molecule has 1 aliphatic heterocycles. The third-order valence-electron chi connectivity index (χ3n) is 4.33. The van der Waals surface area contributed by atoms with Crippen LogP contribution in [-0.2, 0) is 9.59 Å². The van der Waals surface area contributed by atoms with E-state index in [0.717, 1.165) is 4.90 Å². The van der Waals surface area contributed by atoms with Crippen LogP contribution in [0.2, 0.25) is 0 Å². The number of fused-ring (bicyclic) bond motifs is 1. The fourth-order valence-electron chi connectivity index (χ4n) is 2.84. The topological polar surface area (TPSA) is 96.0 Å². The number of carbonyl (C=O) groups is 4. The summed E-state index contributed by atoms with van der Waals surface area (Å²) < 4.78 is 5.09. The van der Waals surface area contributed by atoms with Crippen LogP contribution in [0.5, 0.6) is 5.75 Å². The zero-order chi connectivity index (χ0) is 20.3. The number of amides is 4. The molecule has 1 aliphatic rings. The Morgan fingerprint density at radius 3 is 2.29 bits per heavy atom. The lowest BCUT2D eigenvalue weighted by molar-refractivity contribution is -0.133. The van der Waals surface area contributed by atoms with Gasteiger partial charge in [0.25, 0.3) is 11.8 Å². The summed E-state index contributed by atoms with van der Waals surface area (Å²) in [5.74, 6) is -1.36. The number of imide groups is 1. The molecule has 1 heterocycles. The molecule has 0 radical (unpaired) electrons. The number of nitrogens with zero attached hydrogens (tertiary/aromatic N) is 2. The van der Waals surface area contributed by atoms with Gasteiger partial charge in [-0.25, -0.2) is 0 Å². The highest BCUT2D eigenvalue weighted by Gasteiger charge is 2.36. The van der Waals surface area contributed by atoms with Crippen LogP contribution in [0.25, 0.3) is 0 Å². The van der Waals surface area contributed by atoms with Gasteiger partial charge in [-0.3, -0.25) is 24.1 Å². The van der Waals surface area contributed by atoms with Gasteiger partial charge in [-0.15, -0.1) is 0 Å². The number of nitrogens with one attached hydrogen (secondary N) is 1. The van der Waals surface area contributed by atoms with Crippen molar-refractivity contribution in [2.45, 2.75) is 0 Å². The predicted octanol–water partition coefficient (Wildman–Crippen LogP) is 1.39. The molecule has 0 atom stereocenters. The van der Waals surface area contributed by atoms with E-state index in [1.165, 1.54) is 19.1 Å². The average molecular weight is 381 g/mol. The third kappa shape index (κ3) is 3.85. The second-order valence-corrected chi connectivity index (χ2v) is 6.27. The molecule has 8 heteroatoms. The maximum absolute atomic E-state index is 12.4. The molecule has 0 unspecified atom stereocenters. The summed E-state index contributed by atoms with van der Waals surface area (Å²) in [5, 5.41) is 2.67. The van der Waals surface area contributed by atoms with E-state index < -0.39 is 30.2 Å². The van der Waals surface area contributed by atoms with Crippen molar-refractivity contribution in [1.29, 1.82) is 0 Å². The molecule has 0 fully saturated rings. The van der Waals surface area contributed by atoms with Crippen molar-refractivity contribution in [2.24, 2.45) is 0 Å². The largest absolute Gasteiger partial charge is 0.497 e. The zero-order valence-electron chi connectivity index (χ0n) is 15.5. The number of carbonyl (C=O) groups excluding carboxylic acids is 4. The van der Waals surface area contributed by atoms with Crippen LogP contribution in [-0.4, -0.2) is 60.7 Å². The normalized spacial score (nSPS) is 12.6. The van der Waals surface area contributed by atoms with E-state index in [2.05, 4.69) is 5.32 Å². The van der Waals surface area contributed by atoms with E-state index in [-0.39, 0.29) is 17.7 Å². The first-order valence-electron chi connectivity index (χ1n) is 8.54. The average Bonchev–Trinajstić information content (AvgIpc) is 2.93. The highest BCUT2D eigenvalue weighted by Crippen LogP contribution is 2.22. The van der Waals surface area contributed by atoms with Crippen molar-refractivity contribution in [2.75, 3.05) is 32.6 Å². The zero-order valence-corrected chi connectivity index (χ0v) is 15.5. The number of anilines is 1. The predicted molar refractivity (Wildman–Crippen MR) is 101 cm³/mol. The van der Waals surface area contributed by atoms with Gasteiger partial charge in [-0.2, -0.15) is 0 Å². The Bertz CT molecular complexity index is 921. The van der Waals surface area contributed by atoms with Crippen molar-refractivity contribution in [3.63, 3.8) is 0 Å². The second-order valence-electron chi connectivity index (χ2n) is 6.27. The number of rotatable bonds is 6. The highest BCUT2D eigenvalue weighted by molar-refractivity contribution is 6.22. The lowest BCUT2D eigenvalue weighted by atomic mass is 10.1. The molecule has 0 saturated heterocycles. The minimum absolute atomic E-state index is 0.223. The Morgan fingerprint density at radius 2 is 1.68 bits per heavy atom. The summed E-state index contributed by atoms with van der Waals surface area (Å²) in [6.07, 6.45) is 0. The molecule has 144 valence electrons. The standard InChI is InChI=1S/C20H19N3O5/c1-22(11-17(24)21-13-6-5-7-14(10-13)28-2)18(25)12-23-19(26)15-8-3-4-9-16(15)20(23)27/h3-10H,11-12H2,1-2H3,(H,21,24). The van der Waals surface area contributed by atoms with Gasteiger partial charge in [0.2, 0.25) is 11.8 Å². The third-order valence-corrected chi connectivity index (χ3v) is 4.33. The van der Waals surface area contributed by atoms with Gasteiger partial charge < -0.3 is 15.0 Å². The molecular formula is C20H19N3O5. The Labute approximate surface area is 161 Å². The van der Waals surface area contributed by atoms with Crippen LogP contribution >= 0.6 is 0 Å². The number of hydrogen-bond acceptors (Lipinski definition) is 5. The van der Waals surface area contributed by atoms with Crippen molar-refractivity contribution in [3.05, 3.63) is 59.7 Å². The van der Waals surface area contributed by atoms with Gasteiger partial charge in [-0.05, 0) is 24.3 Å². The van der Waals surface area contributed by atoms with E-state index in [0.29, 0.717) is 11.4 Å². The molecule has 2 aromatic carbocycles. The first-order chi connectivity index (χ1) is 13.4. The Kier molecular flexibility index (Phi) is 5.39. The fourth-order valence-corrected chi connectivity index (χ4v) is 2.84. The quantitative estimate of drug-likeness (QED) is 0.763. The van der Waals surface area contributed by atoms with E-state index in [1.54, 1.807) is 48.5 Å². The van der Waals surface area contributed by atoms with Crippen molar-refractivity contribution < 1.29 is 23.9 Å². The van der Waals surface area contributed by atoms with E-state index in [4.69, 9.17) is 4.74 Å². The van der Waals surface area contributed by atoms with Crippen LogP contribution in [0.15, 0.2) is 48.5 Å².